The van der Waals surface area contributed by atoms with Crippen LogP contribution in [-0.4, -0.2) is 39.3 Å². The Morgan fingerprint density at radius 3 is 2.58 bits per heavy atom. The van der Waals surface area contributed by atoms with Gasteiger partial charge in [0.15, 0.2) is 0 Å². The van der Waals surface area contributed by atoms with E-state index in [-0.39, 0.29) is 17.7 Å². The summed E-state index contributed by atoms with van der Waals surface area (Å²) in [5.41, 5.74) is 1.24. The molecular formula is C17H21F3N2O3S. The number of aliphatic carboxylic acids is 1. The maximum Gasteiger partial charge on any atom is 0.522 e. The third-order valence-electron chi connectivity index (χ3n) is 3.43. The van der Waals surface area contributed by atoms with Gasteiger partial charge in [0, 0.05) is 17.9 Å². The van der Waals surface area contributed by atoms with Crippen molar-refractivity contribution >= 4 is 28.8 Å². The van der Waals surface area contributed by atoms with Crippen LogP contribution < -0.4 is 0 Å². The lowest BCUT2D eigenvalue weighted by Gasteiger charge is -2.19. The SMILES string of the molecule is CC(C)(C)Cc1nc2cc(SCC(=O)O)ccc2n1CCOC(F)(F)F. The Kier molecular flexibility index (Phi) is 6.23. The number of nitrogens with zero attached hydrogens (tertiary/aromatic N) is 2. The number of alkyl halides is 3. The van der Waals surface area contributed by atoms with Crippen molar-refractivity contribution in [3.8, 4) is 0 Å². The maximum atomic E-state index is 12.3. The van der Waals surface area contributed by atoms with Crippen LogP contribution in [0.3, 0.4) is 0 Å². The van der Waals surface area contributed by atoms with Crippen LogP contribution in [0.2, 0.25) is 0 Å². The molecule has 0 aliphatic rings. The summed E-state index contributed by atoms with van der Waals surface area (Å²) in [4.78, 5) is 16.0. The normalized spacial score (nSPS) is 12.7. The Morgan fingerprint density at radius 2 is 2.00 bits per heavy atom. The number of imidazole rings is 1. The van der Waals surface area contributed by atoms with E-state index in [1.165, 1.54) is 11.8 Å². The molecular weight excluding hydrogens is 369 g/mol. The van der Waals surface area contributed by atoms with Gasteiger partial charge >= 0.3 is 12.3 Å². The molecule has 0 bridgehead atoms. The highest BCUT2D eigenvalue weighted by Crippen LogP contribution is 2.28. The molecule has 5 nitrogen and oxygen atoms in total. The molecule has 1 aromatic carbocycles. The fraction of sp³-hybridized carbons (Fsp3) is 0.529. The maximum absolute atomic E-state index is 12.3. The Bertz CT molecular complexity index is 782. The number of ether oxygens (including phenoxy) is 1. The molecule has 0 spiro atoms. The van der Waals surface area contributed by atoms with E-state index in [2.05, 4.69) is 9.72 Å². The number of halogens is 3. The van der Waals surface area contributed by atoms with Crippen LogP contribution in [0.5, 0.6) is 0 Å². The molecule has 1 N–H and O–H groups in total. The van der Waals surface area contributed by atoms with Gasteiger partial charge in [0.2, 0.25) is 0 Å². The third-order valence-corrected chi connectivity index (χ3v) is 4.41. The van der Waals surface area contributed by atoms with E-state index in [1.807, 2.05) is 20.8 Å². The van der Waals surface area contributed by atoms with E-state index < -0.39 is 18.9 Å². The summed E-state index contributed by atoms with van der Waals surface area (Å²) < 4.78 is 42.5. The number of aromatic nitrogens is 2. The van der Waals surface area contributed by atoms with Crippen LogP contribution in [0, 0.1) is 5.41 Å². The van der Waals surface area contributed by atoms with Gasteiger partial charge in [-0.25, -0.2) is 4.98 Å². The third kappa shape index (κ3) is 6.21. The van der Waals surface area contributed by atoms with Gasteiger partial charge in [-0.15, -0.1) is 24.9 Å². The smallest absolute Gasteiger partial charge is 0.481 e. The molecule has 0 radical (unpaired) electrons. The molecule has 1 heterocycles. The molecule has 0 unspecified atom stereocenters. The minimum atomic E-state index is -4.67. The van der Waals surface area contributed by atoms with Crippen LogP contribution in [-0.2, 0) is 22.5 Å². The van der Waals surface area contributed by atoms with Crippen LogP contribution in [0.15, 0.2) is 23.1 Å². The Labute approximate surface area is 153 Å². The Morgan fingerprint density at radius 1 is 1.31 bits per heavy atom. The zero-order chi connectivity index (χ0) is 19.5. The number of fused-ring (bicyclic) bond motifs is 1. The zero-order valence-corrected chi connectivity index (χ0v) is 15.6. The van der Waals surface area contributed by atoms with E-state index in [0.717, 1.165) is 4.90 Å². The van der Waals surface area contributed by atoms with Crippen molar-refractivity contribution in [1.29, 1.82) is 0 Å². The predicted molar refractivity (Wildman–Crippen MR) is 93.3 cm³/mol. The minimum absolute atomic E-state index is 0.0308. The number of carboxylic acid groups (broad SMARTS) is 1. The van der Waals surface area contributed by atoms with Crippen molar-refractivity contribution in [2.24, 2.45) is 5.41 Å². The van der Waals surface area contributed by atoms with Gasteiger partial charge in [0.05, 0.1) is 23.4 Å². The number of rotatable bonds is 7. The molecule has 0 atom stereocenters. The molecule has 1 aromatic heterocycles. The van der Waals surface area contributed by atoms with Crippen molar-refractivity contribution in [3.63, 3.8) is 0 Å². The molecule has 0 amide bonds. The Balaban J connectivity index is 2.31. The van der Waals surface area contributed by atoms with Crippen molar-refractivity contribution in [1.82, 2.24) is 9.55 Å². The van der Waals surface area contributed by atoms with Gasteiger partial charge in [0.1, 0.15) is 5.82 Å². The van der Waals surface area contributed by atoms with Gasteiger partial charge < -0.3 is 9.67 Å². The second kappa shape index (κ2) is 7.87. The monoisotopic (exact) mass is 390 g/mol. The molecule has 2 aromatic rings. The first-order valence-corrected chi connectivity index (χ1v) is 8.98. The fourth-order valence-electron chi connectivity index (χ4n) is 2.51. The number of benzene rings is 1. The highest BCUT2D eigenvalue weighted by molar-refractivity contribution is 8.00. The molecule has 26 heavy (non-hydrogen) atoms. The number of carbonyl (C=O) groups is 1. The van der Waals surface area contributed by atoms with Gasteiger partial charge in [-0.2, -0.15) is 0 Å². The summed E-state index contributed by atoms with van der Waals surface area (Å²) in [7, 11) is 0. The fourth-order valence-corrected chi connectivity index (χ4v) is 3.16. The quantitative estimate of drug-likeness (QED) is 0.713. The summed E-state index contributed by atoms with van der Waals surface area (Å²) in [5.74, 6) is -0.308. The highest BCUT2D eigenvalue weighted by atomic mass is 32.2. The summed E-state index contributed by atoms with van der Waals surface area (Å²) in [5, 5.41) is 8.78. The molecule has 0 saturated heterocycles. The van der Waals surface area contributed by atoms with E-state index in [9.17, 15) is 18.0 Å². The van der Waals surface area contributed by atoms with E-state index in [4.69, 9.17) is 5.11 Å². The molecule has 144 valence electrons. The predicted octanol–water partition coefficient (Wildman–Crippen LogP) is 4.34. The van der Waals surface area contributed by atoms with Crippen molar-refractivity contribution in [2.75, 3.05) is 12.4 Å². The number of hydrogen-bond acceptors (Lipinski definition) is 4. The number of hydrogen-bond donors (Lipinski definition) is 1. The first kappa shape index (κ1) is 20.6. The largest absolute Gasteiger partial charge is 0.522 e. The average Bonchev–Trinajstić information content (AvgIpc) is 2.78. The Hall–Kier alpha value is -1.74. The first-order valence-electron chi connectivity index (χ1n) is 7.99. The second-order valence-corrected chi connectivity index (χ2v) is 8.09. The van der Waals surface area contributed by atoms with E-state index in [0.29, 0.717) is 23.3 Å². The lowest BCUT2D eigenvalue weighted by atomic mass is 9.92. The van der Waals surface area contributed by atoms with Crippen LogP contribution >= 0.6 is 11.8 Å². The zero-order valence-electron chi connectivity index (χ0n) is 14.8. The number of carboxylic acids is 1. The van der Waals surface area contributed by atoms with Crippen LogP contribution in [0.4, 0.5) is 13.2 Å². The lowest BCUT2D eigenvalue weighted by molar-refractivity contribution is -0.325. The molecule has 0 fully saturated rings. The van der Waals surface area contributed by atoms with Crippen LogP contribution in [0.25, 0.3) is 11.0 Å². The first-order chi connectivity index (χ1) is 11.9. The standard InChI is InChI=1S/C17H21F3N2O3S/c1-16(2,3)9-14-21-12-8-11(26-10-15(23)24)4-5-13(12)22(14)6-7-25-17(18,19)20/h4-5,8H,6-7,9-10H2,1-3H3,(H,23,24). The molecule has 9 heteroatoms. The van der Waals surface area contributed by atoms with Gasteiger partial charge in [-0.05, 0) is 23.6 Å². The molecule has 0 aliphatic heterocycles. The summed E-state index contributed by atoms with van der Waals surface area (Å²) >= 11 is 1.17. The van der Waals surface area contributed by atoms with Gasteiger partial charge in [-0.3, -0.25) is 9.53 Å². The van der Waals surface area contributed by atoms with Crippen molar-refractivity contribution in [2.45, 2.75) is 45.0 Å². The van der Waals surface area contributed by atoms with Gasteiger partial charge in [0.25, 0.3) is 0 Å². The second-order valence-electron chi connectivity index (χ2n) is 7.04. The van der Waals surface area contributed by atoms with E-state index in [1.54, 1.807) is 22.8 Å². The summed E-state index contributed by atoms with van der Waals surface area (Å²) in [6.45, 7) is 5.61. The van der Waals surface area contributed by atoms with Crippen molar-refractivity contribution < 1.29 is 27.8 Å². The van der Waals surface area contributed by atoms with E-state index >= 15 is 0 Å². The molecule has 0 aliphatic carbocycles. The summed E-state index contributed by atoms with van der Waals surface area (Å²) in [6, 6.07) is 5.27. The lowest BCUT2D eigenvalue weighted by Crippen LogP contribution is -2.20. The summed E-state index contributed by atoms with van der Waals surface area (Å²) in [6.07, 6.45) is -4.08. The minimum Gasteiger partial charge on any atom is -0.481 e. The topological polar surface area (TPSA) is 64.3 Å². The average molecular weight is 390 g/mol. The molecule has 2 rings (SSSR count). The highest BCUT2D eigenvalue weighted by Gasteiger charge is 2.29. The van der Waals surface area contributed by atoms with Crippen molar-refractivity contribution in [3.05, 3.63) is 24.0 Å². The van der Waals surface area contributed by atoms with Gasteiger partial charge in [-0.1, -0.05) is 20.8 Å². The number of thioether (sulfide) groups is 1. The van der Waals surface area contributed by atoms with Crippen LogP contribution in [0.1, 0.15) is 26.6 Å². The molecule has 0 saturated carbocycles.